The van der Waals surface area contributed by atoms with Gasteiger partial charge in [-0.1, -0.05) is 67.8 Å². The van der Waals surface area contributed by atoms with Gasteiger partial charge in [0.05, 0.1) is 18.8 Å². The number of hydrogen-bond donors (Lipinski definition) is 0. The van der Waals surface area contributed by atoms with E-state index in [1.165, 1.54) is 12.7 Å². The van der Waals surface area contributed by atoms with Gasteiger partial charge in [0, 0.05) is 11.6 Å². The molecule has 1 amide bonds. The summed E-state index contributed by atoms with van der Waals surface area (Å²) in [5, 5.41) is 0. The average molecular weight is 460 g/mol. The number of para-hydroxylation sites is 1. The van der Waals surface area contributed by atoms with Gasteiger partial charge < -0.3 is 14.4 Å². The molecule has 2 aromatic carbocycles. The van der Waals surface area contributed by atoms with Crippen molar-refractivity contribution in [2.75, 3.05) is 12.0 Å². The molecular formula is C27H29N3O4. The molecule has 0 aromatic heterocycles. The lowest BCUT2D eigenvalue weighted by molar-refractivity contribution is -0.148. The molecular weight excluding hydrogens is 430 g/mol. The predicted octanol–water partition coefficient (Wildman–Crippen LogP) is 4.62. The van der Waals surface area contributed by atoms with E-state index in [1.807, 2.05) is 42.5 Å². The molecule has 7 heteroatoms. The highest BCUT2D eigenvalue weighted by Crippen LogP contribution is 2.59. The molecule has 0 unspecified atom stereocenters. The van der Waals surface area contributed by atoms with Crippen LogP contribution in [0.5, 0.6) is 0 Å². The van der Waals surface area contributed by atoms with Crippen molar-refractivity contribution in [3.05, 3.63) is 65.7 Å². The number of methoxy groups -OCH3 is 1. The van der Waals surface area contributed by atoms with E-state index in [0.29, 0.717) is 0 Å². The van der Waals surface area contributed by atoms with E-state index in [1.54, 1.807) is 0 Å². The lowest BCUT2D eigenvalue weighted by atomic mass is 9.79. The van der Waals surface area contributed by atoms with Crippen LogP contribution in [0.4, 0.5) is 10.5 Å². The number of rotatable bonds is 3. The summed E-state index contributed by atoms with van der Waals surface area (Å²) in [5.41, 5.74) is 2.76. The number of anilines is 1. The molecule has 34 heavy (non-hydrogen) atoms. The second kappa shape index (κ2) is 8.24. The molecule has 1 aliphatic carbocycles. The maximum absolute atomic E-state index is 13.0. The molecule has 3 atom stereocenters. The second-order valence-electron chi connectivity index (χ2n) is 9.70. The van der Waals surface area contributed by atoms with Gasteiger partial charge in [-0.05, 0) is 36.5 Å². The normalized spacial score (nSPS) is 27.6. The Morgan fingerprint density at radius 3 is 2.53 bits per heavy atom. The van der Waals surface area contributed by atoms with Crippen LogP contribution in [0.15, 0.2) is 59.6 Å². The monoisotopic (exact) mass is 459 g/mol. The highest BCUT2D eigenvalue weighted by molar-refractivity contribution is 6.13. The Labute approximate surface area is 199 Å². The number of amides is 1. The number of nitrogens with zero attached hydrogens (tertiary/aromatic N) is 3. The fraction of sp³-hybridized carbons (Fsp3) is 0.444. The summed E-state index contributed by atoms with van der Waals surface area (Å²) in [6.45, 7) is 0.181. The first kappa shape index (κ1) is 21.4. The number of ether oxygens (including phenoxy) is 2. The quantitative estimate of drug-likeness (QED) is 0.624. The van der Waals surface area contributed by atoms with E-state index in [2.05, 4.69) is 26.9 Å². The van der Waals surface area contributed by atoms with Crippen molar-refractivity contribution in [2.24, 2.45) is 4.99 Å². The molecule has 3 fully saturated rings. The van der Waals surface area contributed by atoms with Crippen LogP contribution in [-0.4, -0.2) is 47.7 Å². The first-order valence-corrected chi connectivity index (χ1v) is 12.2. The number of fused-ring (bicyclic) bond motifs is 4. The lowest BCUT2D eigenvalue weighted by Gasteiger charge is -2.42. The van der Waals surface area contributed by atoms with Crippen molar-refractivity contribution in [2.45, 2.75) is 68.8 Å². The van der Waals surface area contributed by atoms with Crippen LogP contribution in [0, 0.1) is 0 Å². The smallest absolute Gasteiger partial charge is 0.435 e. The van der Waals surface area contributed by atoms with E-state index in [0.717, 1.165) is 55.6 Å². The molecule has 0 radical (unpaired) electrons. The summed E-state index contributed by atoms with van der Waals surface area (Å²) in [7, 11) is 1.46. The fourth-order valence-corrected chi connectivity index (χ4v) is 6.70. The van der Waals surface area contributed by atoms with Gasteiger partial charge in [0.25, 0.3) is 0 Å². The third-order valence-corrected chi connectivity index (χ3v) is 8.01. The highest BCUT2D eigenvalue weighted by atomic mass is 16.5. The minimum absolute atomic E-state index is 0.0275. The molecule has 176 valence electrons. The van der Waals surface area contributed by atoms with Crippen molar-refractivity contribution in [3.8, 4) is 0 Å². The molecule has 3 heterocycles. The van der Waals surface area contributed by atoms with Gasteiger partial charge in [-0.3, -0.25) is 9.69 Å². The number of hydrogen-bond acceptors (Lipinski definition) is 5. The molecule has 3 aliphatic heterocycles. The molecule has 2 saturated heterocycles. The second-order valence-corrected chi connectivity index (χ2v) is 9.70. The van der Waals surface area contributed by atoms with Crippen LogP contribution in [0.2, 0.25) is 0 Å². The molecule has 1 saturated carbocycles. The predicted molar refractivity (Wildman–Crippen MR) is 128 cm³/mol. The molecule has 4 aliphatic rings. The zero-order chi connectivity index (χ0) is 23.3. The summed E-state index contributed by atoms with van der Waals surface area (Å²) >= 11 is 0. The van der Waals surface area contributed by atoms with Gasteiger partial charge >= 0.3 is 12.1 Å². The Morgan fingerprint density at radius 1 is 1.03 bits per heavy atom. The molecule has 0 bridgehead atoms. The number of carbonyl (C=O) groups is 2. The van der Waals surface area contributed by atoms with Crippen molar-refractivity contribution in [3.63, 3.8) is 0 Å². The average Bonchev–Trinajstić information content (AvgIpc) is 3.50. The zero-order valence-electron chi connectivity index (χ0n) is 19.4. The topological polar surface area (TPSA) is 71.4 Å². The Balaban J connectivity index is 1.43. The molecule has 2 aromatic rings. The van der Waals surface area contributed by atoms with Gasteiger partial charge in [0.2, 0.25) is 0 Å². The number of aliphatic imine (C=N–C) groups is 1. The molecule has 0 N–H and O–H groups in total. The lowest BCUT2D eigenvalue weighted by Crippen LogP contribution is -2.56. The van der Waals surface area contributed by atoms with E-state index in [-0.39, 0.29) is 30.7 Å². The van der Waals surface area contributed by atoms with E-state index < -0.39 is 11.6 Å². The third-order valence-electron chi connectivity index (χ3n) is 8.01. The summed E-state index contributed by atoms with van der Waals surface area (Å²) in [6, 6.07) is 17.6. The third kappa shape index (κ3) is 3.10. The van der Waals surface area contributed by atoms with Crippen LogP contribution in [-0.2, 0) is 20.9 Å². The van der Waals surface area contributed by atoms with Crippen LogP contribution in [0.25, 0.3) is 0 Å². The van der Waals surface area contributed by atoms with E-state index >= 15 is 0 Å². The van der Waals surface area contributed by atoms with Gasteiger partial charge in [-0.25, -0.2) is 4.79 Å². The zero-order valence-corrected chi connectivity index (χ0v) is 19.4. The Kier molecular flexibility index (Phi) is 5.17. The first-order chi connectivity index (χ1) is 16.6. The molecule has 7 nitrogen and oxygen atoms in total. The van der Waals surface area contributed by atoms with Gasteiger partial charge in [0.15, 0.2) is 0 Å². The molecule has 6 rings (SSSR count). The summed E-state index contributed by atoms with van der Waals surface area (Å²) in [5.74, 6) is 0.704. The van der Waals surface area contributed by atoms with Gasteiger partial charge in [-0.2, -0.15) is 4.99 Å². The van der Waals surface area contributed by atoms with E-state index in [9.17, 15) is 9.59 Å². The minimum Gasteiger partial charge on any atom is -0.468 e. The fourth-order valence-electron chi connectivity index (χ4n) is 6.70. The highest BCUT2D eigenvalue weighted by Gasteiger charge is 2.67. The summed E-state index contributed by atoms with van der Waals surface area (Å²) in [4.78, 5) is 35.2. The van der Waals surface area contributed by atoms with Crippen LogP contribution in [0.3, 0.4) is 0 Å². The largest absolute Gasteiger partial charge is 0.468 e. The summed E-state index contributed by atoms with van der Waals surface area (Å²) in [6.07, 6.45) is 5.07. The van der Waals surface area contributed by atoms with Crippen LogP contribution in [0.1, 0.15) is 55.6 Å². The first-order valence-electron chi connectivity index (χ1n) is 12.2. The van der Waals surface area contributed by atoms with Crippen molar-refractivity contribution in [1.29, 1.82) is 0 Å². The Morgan fingerprint density at radius 2 is 1.76 bits per heavy atom. The van der Waals surface area contributed by atoms with Crippen molar-refractivity contribution in [1.82, 2.24) is 4.90 Å². The Hall–Kier alpha value is -3.19. The van der Waals surface area contributed by atoms with Crippen molar-refractivity contribution >= 4 is 23.6 Å². The maximum atomic E-state index is 13.0. The van der Waals surface area contributed by atoms with Crippen molar-refractivity contribution < 1.29 is 19.1 Å². The number of amidine groups is 1. The number of carbonyl (C=O) groups excluding carboxylic acids is 2. The van der Waals surface area contributed by atoms with Gasteiger partial charge in [-0.15, -0.1) is 0 Å². The SMILES string of the molecule is COC(=O)[C@@H]1C[C@H]2c3ccccc3N3/C(=N\C(=O)OCc4ccccc4)C4(CCCCC4)N1[C@@H]23. The van der Waals surface area contributed by atoms with Crippen LogP contribution >= 0.6 is 0 Å². The van der Waals surface area contributed by atoms with E-state index in [4.69, 9.17) is 9.47 Å². The summed E-state index contributed by atoms with van der Waals surface area (Å²) < 4.78 is 10.8. The standard InChI is InChI=1S/C27H29N3O4/c1-33-24(31)22-16-20-19-12-6-7-13-21(19)29-23(20)30(22)27(14-8-3-9-15-27)25(29)28-26(32)34-17-18-10-4-2-5-11-18/h2,4-7,10-13,20,22-23H,3,8-9,14-17H2,1H3/b28-25-/t20-,22-,23-/m0/s1. The number of esters is 1. The maximum Gasteiger partial charge on any atom is 0.435 e. The Bertz CT molecular complexity index is 1140. The van der Waals surface area contributed by atoms with Crippen LogP contribution < -0.4 is 4.90 Å². The minimum atomic E-state index is -0.583. The number of benzene rings is 2. The molecule has 1 spiro atoms. The van der Waals surface area contributed by atoms with Gasteiger partial charge in [0.1, 0.15) is 18.5 Å².